The molecule has 3 rings (SSSR count). The lowest BCUT2D eigenvalue weighted by Crippen LogP contribution is -2.20. The van der Waals surface area contributed by atoms with E-state index in [0.29, 0.717) is 23.4 Å². The molecule has 2 aromatic rings. The molecule has 6 nitrogen and oxygen atoms in total. The van der Waals surface area contributed by atoms with Gasteiger partial charge in [-0.25, -0.2) is 15.0 Å². The fourth-order valence-electron chi connectivity index (χ4n) is 2.96. The summed E-state index contributed by atoms with van der Waals surface area (Å²) in [6.07, 6.45) is 9.05. The summed E-state index contributed by atoms with van der Waals surface area (Å²) in [5.41, 5.74) is 7.73. The Morgan fingerprint density at radius 3 is 2.52 bits per heavy atom. The van der Waals surface area contributed by atoms with E-state index < -0.39 is 0 Å². The van der Waals surface area contributed by atoms with E-state index in [2.05, 4.69) is 25.6 Å². The minimum Gasteiger partial charge on any atom is -0.393 e. The summed E-state index contributed by atoms with van der Waals surface area (Å²) in [6, 6.07) is 6.24. The Labute approximate surface area is 137 Å². The molecule has 2 heterocycles. The summed E-state index contributed by atoms with van der Waals surface area (Å²) in [7, 11) is 0. The Kier molecular flexibility index (Phi) is 4.90. The second-order valence-corrected chi connectivity index (χ2v) is 6.11. The SMILES string of the molecule is Cc1cccc(Nc2ncnc(NC3CCCCCC3)c2N)n1. The predicted octanol–water partition coefficient (Wildman–Crippen LogP) is 3.64. The van der Waals surface area contributed by atoms with Gasteiger partial charge in [0.05, 0.1) is 0 Å². The first-order valence-electron chi connectivity index (χ1n) is 8.30. The first-order valence-corrected chi connectivity index (χ1v) is 8.30. The lowest BCUT2D eigenvalue weighted by molar-refractivity contribution is 0.618. The van der Waals surface area contributed by atoms with Crippen molar-refractivity contribution >= 4 is 23.1 Å². The van der Waals surface area contributed by atoms with E-state index in [0.717, 1.165) is 11.5 Å². The van der Waals surface area contributed by atoms with Gasteiger partial charge in [-0.05, 0) is 31.9 Å². The zero-order chi connectivity index (χ0) is 16.1. The molecule has 0 aromatic carbocycles. The van der Waals surface area contributed by atoms with Crippen LogP contribution in [0, 0.1) is 6.92 Å². The minimum atomic E-state index is 0.444. The van der Waals surface area contributed by atoms with Gasteiger partial charge >= 0.3 is 0 Å². The number of pyridine rings is 1. The van der Waals surface area contributed by atoms with E-state index in [9.17, 15) is 0 Å². The van der Waals surface area contributed by atoms with Crippen LogP contribution in [0.25, 0.3) is 0 Å². The third-order valence-corrected chi connectivity index (χ3v) is 4.21. The predicted molar refractivity (Wildman–Crippen MR) is 93.8 cm³/mol. The van der Waals surface area contributed by atoms with Crippen molar-refractivity contribution in [3.05, 3.63) is 30.2 Å². The molecule has 0 amide bonds. The van der Waals surface area contributed by atoms with Crippen molar-refractivity contribution in [2.45, 2.75) is 51.5 Å². The molecule has 0 bridgehead atoms. The highest BCUT2D eigenvalue weighted by Gasteiger charge is 2.15. The molecule has 1 aliphatic rings. The monoisotopic (exact) mass is 312 g/mol. The highest BCUT2D eigenvalue weighted by Crippen LogP contribution is 2.28. The molecule has 0 radical (unpaired) electrons. The van der Waals surface area contributed by atoms with Crippen molar-refractivity contribution in [1.29, 1.82) is 0 Å². The first-order chi connectivity index (χ1) is 11.2. The minimum absolute atomic E-state index is 0.444. The van der Waals surface area contributed by atoms with Crippen LogP contribution in [0.4, 0.5) is 23.1 Å². The number of nitrogens with one attached hydrogen (secondary N) is 2. The van der Waals surface area contributed by atoms with Gasteiger partial charge in [0.1, 0.15) is 17.8 Å². The van der Waals surface area contributed by atoms with Gasteiger partial charge < -0.3 is 16.4 Å². The molecule has 4 N–H and O–H groups in total. The second kappa shape index (κ2) is 7.26. The smallest absolute Gasteiger partial charge is 0.160 e. The molecule has 23 heavy (non-hydrogen) atoms. The van der Waals surface area contributed by atoms with Crippen molar-refractivity contribution in [1.82, 2.24) is 15.0 Å². The lowest BCUT2D eigenvalue weighted by Gasteiger charge is -2.19. The molecular weight excluding hydrogens is 288 g/mol. The number of hydrogen-bond donors (Lipinski definition) is 3. The largest absolute Gasteiger partial charge is 0.393 e. The number of anilines is 4. The zero-order valence-corrected chi connectivity index (χ0v) is 13.5. The van der Waals surface area contributed by atoms with Gasteiger partial charge in [-0.15, -0.1) is 0 Å². The highest BCUT2D eigenvalue weighted by molar-refractivity contribution is 5.76. The summed E-state index contributed by atoms with van der Waals surface area (Å²) >= 11 is 0. The normalized spacial score (nSPS) is 15.9. The summed E-state index contributed by atoms with van der Waals surface area (Å²) in [6.45, 7) is 1.95. The van der Waals surface area contributed by atoms with Crippen LogP contribution in [-0.4, -0.2) is 21.0 Å². The average molecular weight is 312 g/mol. The van der Waals surface area contributed by atoms with Crippen LogP contribution in [0.2, 0.25) is 0 Å². The fraction of sp³-hybridized carbons (Fsp3) is 0.471. The Bertz CT molecular complexity index is 649. The van der Waals surface area contributed by atoms with Crippen molar-refractivity contribution in [2.24, 2.45) is 0 Å². The molecule has 0 atom stereocenters. The van der Waals surface area contributed by atoms with Gasteiger partial charge in [0.2, 0.25) is 0 Å². The zero-order valence-electron chi connectivity index (χ0n) is 13.5. The van der Waals surface area contributed by atoms with Crippen LogP contribution in [-0.2, 0) is 0 Å². The van der Waals surface area contributed by atoms with Gasteiger partial charge in [-0.2, -0.15) is 0 Å². The third kappa shape index (κ3) is 4.09. The number of rotatable bonds is 4. The number of aromatic nitrogens is 3. The maximum atomic E-state index is 6.25. The molecule has 6 heteroatoms. The first kappa shape index (κ1) is 15.5. The van der Waals surface area contributed by atoms with Gasteiger partial charge in [0.15, 0.2) is 11.6 Å². The van der Waals surface area contributed by atoms with Crippen LogP contribution >= 0.6 is 0 Å². The maximum Gasteiger partial charge on any atom is 0.160 e. The number of hydrogen-bond acceptors (Lipinski definition) is 6. The maximum absolute atomic E-state index is 6.25. The van der Waals surface area contributed by atoms with Crippen LogP contribution in [0.3, 0.4) is 0 Å². The number of nitrogens with zero attached hydrogens (tertiary/aromatic N) is 3. The van der Waals surface area contributed by atoms with E-state index in [4.69, 9.17) is 5.73 Å². The molecule has 0 unspecified atom stereocenters. The number of aryl methyl sites for hydroxylation is 1. The van der Waals surface area contributed by atoms with E-state index in [1.807, 2.05) is 25.1 Å². The Morgan fingerprint density at radius 1 is 1.04 bits per heavy atom. The lowest BCUT2D eigenvalue weighted by atomic mass is 10.1. The van der Waals surface area contributed by atoms with Gasteiger partial charge in [0, 0.05) is 11.7 Å². The number of nitrogens with two attached hydrogens (primary N) is 1. The molecule has 1 saturated carbocycles. The molecule has 1 fully saturated rings. The Balaban J connectivity index is 1.75. The molecular formula is C17H24N6. The molecule has 122 valence electrons. The van der Waals surface area contributed by atoms with Gasteiger partial charge in [0.25, 0.3) is 0 Å². The van der Waals surface area contributed by atoms with E-state index in [1.165, 1.54) is 44.9 Å². The highest BCUT2D eigenvalue weighted by atomic mass is 15.1. The van der Waals surface area contributed by atoms with Crippen LogP contribution in [0.1, 0.15) is 44.2 Å². The van der Waals surface area contributed by atoms with Crippen LogP contribution < -0.4 is 16.4 Å². The van der Waals surface area contributed by atoms with Gasteiger partial charge in [-0.1, -0.05) is 31.7 Å². The van der Waals surface area contributed by atoms with Crippen molar-refractivity contribution in [3.8, 4) is 0 Å². The van der Waals surface area contributed by atoms with Crippen molar-refractivity contribution in [3.63, 3.8) is 0 Å². The molecule has 2 aromatic heterocycles. The Morgan fingerprint density at radius 2 is 1.78 bits per heavy atom. The summed E-state index contributed by atoms with van der Waals surface area (Å²) in [5.74, 6) is 2.03. The summed E-state index contributed by atoms with van der Waals surface area (Å²) < 4.78 is 0. The molecule has 0 spiro atoms. The van der Waals surface area contributed by atoms with E-state index >= 15 is 0 Å². The van der Waals surface area contributed by atoms with E-state index in [-0.39, 0.29) is 0 Å². The molecule has 0 saturated heterocycles. The van der Waals surface area contributed by atoms with Crippen LogP contribution in [0.15, 0.2) is 24.5 Å². The van der Waals surface area contributed by atoms with E-state index in [1.54, 1.807) is 0 Å². The summed E-state index contributed by atoms with van der Waals surface area (Å²) in [4.78, 5) is 13.0. The fourth-order valence-corrected chi connectivity index (χ4v) is 2.96. The second-order valence-electron chi connectivity index (χ2n) is 6.11. The molecule has 0 aliphatic heterocycles. The summed E-state index contributed by atoms with van der Waals surface area (Å²) in [5, 5.41) is 6.67. The van der Waals surface area contributed by atoms with Gasteiger partial charge in [-0.3, -0.25) is 0 Å². The standard InChI is InChI=1S/C17H24N6/c1-12-7-6-10-14(21-12)23-17-15(18)16(19-11-20-17)22-13-8-4-2-3-5-9-13/h6-7,10-11,13H,2-5,8-9,18H2,1H3,(H2,19,20,21,22,23). The van der Waals surface area contributed by atoms with Crippen molar-refractivity contribution in [2.75, 3.05) is 16.4 Å². The number of nitrogen functional groups attached to an aromatic ring is 1. The van der Waals surface area contributed by atoms with Crippen molar-refractivity contribution < 1.29 is 0 Å². The average Bonchev–Trinajstić information content (AvgIpc) is 2.80. The third-order valence-electron chi connectivity index (χ3n) is 4.21. The molecule has 1 aliphatic carbocycles. The quantitative estimate of drug-likeness (QED) is 0.747. The Hall–Kier alpha value is -2.37. The topological polar surface area (TPSA) is 88.8 Å². The van der Waals surface area contributed by atoms with Crippen LogP contribution in [0.5, 0.6) is 0 Å².